The number of phosphoric ester groups is 1. The molecule has 0 spiro atoms. The Labute approximate surface area is 438 Å². The first kappa shape index (κ1) is 68.8. The minimum atomic E-state index is -4.93. The smallest absolute Gasteiger partial charge is 0.387 e. The molecule has 0 aliphatic heterocycles. The minimum absolute atomic E-state index is 0.139. The zero-order chi connectivity index (χ0) is 53.4. The van der Waals surface area contributed by atoms with Crippen LogP contribution in [0.15, 0.2) is 0 Å². The Hall–Kier alpha value is -0.170. The van der Waals surface area contributed by atoms with E-state index in [1.807, 2.05) is 0 Å². The molecule has 0 aromatic heterocycles. The molecule has 1 aliphatic rings. The lowest BCUT2D eigenvalue weighted by Gasteiger charge is -2.41. The van der Waals surface area contributed by atoms with Crippen LogP contribution in [0, 0.1) is 59.2 Å². The molecule has 1 aliphatic carbocycles. The molecular weight excluding hydrogens is 916 g/mol. The van der Waals surface area contributed by atoms with E-state index in [0.29, 0.717) is 31.0 Å². The van der Waals surface area contributed by atoms with E-state index in [2.05, 4.69) is 83.1 Å². The summed E-state index contributed by atoms with van der Waals surface area (Å²) in [6, 6.07) is 0. The molecule has 1 saturated carbocycles. The summed E-state index contributed by atoms with van der Waals surface area (Å²) in [7, 11) is -4.93. The van der Waals surface area contributed by atoms with Crippen molar-refractivity contribution in [3.63, 3.8) is 0 Å². The van der Waals surface area contributed by atoms with E-state index in [1.54, 1.807) is 0 Å². The Balaban J connectivity index is 2.50. The highest BCUT2D eigenvalue weighted by Crippen LogP contribution is 2.47. The molecule has 11 nitrogen and oxygen atoms in total. The molecule has 12 heteroatoms. The fourth-order valence-corrected chi connectivity index (χ4v) is 11.5. The van der Waals surface area contributed by atoms with Gasteiger partial charge in [-0.2, -0.15) is 0 Å². The molecule has 71 heavy (non-hydrogen) atoms. The summed E-state index contributed by atoms with van der Waals surface area (Å²) in [5.41, 5.74) is 0. The maximum atomic E-state index is 13.1. The van der Waals surface area contributed by atoms with Crippen molar-refractivity contribution in [2.24, 2.45) is 59.2 Å². The van der Waals surface area contributed by atoms with Crippen molar-refractivity contribution in [2.75, 3.05) is 26.4 Å². The Kier molecular flexibility index (Phi) is 38.9. The third-order valence-electron chi connectivity index (χ3n) is 16.1. The second kappa shape index (κ2) is 40.1. The number of phosphoric acid groups is 1. The summed E-state index contributed by atoms with van der Waals surface area (Å²) in [4.78, 5) is 10.6. The van der Waals surface area contributed by atoms with Crippen molar-refractivity contribution in [1.82, 2.24) is 0 Å². The van der Waals surface area contributed by atoms with Crippen LogP contribution >= 0.6 is 7.82 Å². The summed E-state index contributed by atoms with van der Waals surface area (Å²) < 4.78 is 35.7. The average molecular weight is 1040 g/mol. The van der Waals surface area contributed by atoms with Crippen LogP contribution in [0.1, 0.15) is 250 Å². The molecule has 0 aromatic rings. The van der Waals surface area contributed by atoms with Crippen LogP contribution in [-0.2, 0) is 23.1 Å². The topological polar surface area (TPSA) is 175 Å². The molecule has 0 amide bonds. The van der Waals surface area contributed by atoms with E-state index < -0.39 is 50.6 Å². The van der Waals surface area contributed by atoms with E-state index >= 15 is 0 Å². The Morgan fingerprint density at radius 2 is 0.634 bits per heavy atom. The van der Waals surface area contributed by atoms with Gasteiger partial charge in [0.2, 0.25) is 0 Å². The lowest BCUT2D eigenvalue weighted by molar-refractivity contribution is -0.220. The van der Waals surface area contributed by atoms with Crippen LogP contribution in [-0.4, -0.2) is 99.6 Å². The number of hydrogen-bond donors (Lipinski definition) is 6. The normalized spacial score (nSPS) is 24.6. The van der Waals surface area contributed by atoms with E-state index in [1.165, 1.54) is 141 Å². The monoisotopic (exact) mass is 1030 g/mol. The molecule has 1 rings (SSSR count). The molecule has 0 radical (unpaired) electrons. The van der Waals surface area contributed by atoms with Gasteiger partial charge in [-0.3, -0.25) is 9.05 Å². The SMILES string of the molecule is CC(C)CCCC(C)CCCC(C)CCCC(C)CCCC(C)CCOCC(COP(=O)(O)OC1C(O)C(O)C(O)C(O)C1O)OCCC(C)CCCC(C)CCCC(C)CCCC(C)CCCC(C)C. The number of ether oxygens (including phenoxy) is 2. The van der Waals surface area contributed by atoms with Crippen molar-refractivity contribution in [3.05, 3.63) is 0 Å². The highest BCUT2D eigenvalue weighted by atomic mass is 31.2. The van der Waals surface area contributed by atoms with Crippen molar-refractivity contribution < 1.29 is 53.5 Å². The fraction of sp³-hybridized carbons (Fsp3) is 1.00. The third kappa shape index (κ3) is 35.0. The first-order valence-electron chi connectivity index (χ1n) is 29.8. The first-order valence-corrected chi connectivity index (χ1v) is 31.3. The van der Waals surface area contributed by atoms with Crippen LogP contribution in [0.3, 0.4) is 0 Å². The van der Waals surface area contributed by atoms with Gasteiger partial charge in [0.15, 0.2) is 0 Å². The van der Waals surface area contributed by atoms with Gasteiger partial charge in [-0.25, -0.2) is 4.57 Å². The minimum Gasteiger partial charge on any atom is -0.387 e. The maximum Gasteiger partial charge on any atom is 0.472 e. The van der Waals surface area contributed by atoms with Crippen molar-refractivity contribution in [1.29, 1.82) is 0 Å². The van der Waals surface area contributed by atoms with Crippen molar-refractivity contribution >= 4 is 7.82 Å². The van der Waals surface area contributed by atoms with Crippen LogP contribution in [0.25, 0.3) is 0 Å². The molecule has 0 aromatic carbocycles. The predicted octanol–water partition coefficient (Wildman–Crippen LogP) is 14.3. The average Bonchev–Trinajstić information content (AvgIpc) is 3.29. The number of hydrogen-bond acceptors (Lipinski definition) is 10. The van der Waals surface area contributed by atoms with Gasteiger partial charge in [0.05, 0.1) is 13.2 Å². The van der Waals surface area contributed by atoms with E-state index in [9.17, 15) is 35.0 Å². The summed E-state index contributed by atoms with van der Waals surface area (Å²) in [6.45, 7) is 29.0. The molecule has 426 valence electrons. The van der Waals surface area contributed by atoms with Gasteiger partial charge in [-0.1, -0.05) is 237 Å². The van der Waals surface area contributed by atoms with Gasteiger partial charge in [-0.15, -0.1) is 0 Å². The van der Waals surface area contributed by atoms with Gasteiger partial charge in [0.25, 0.3) is 0 Å². The molecule has 14 unspecified atom stereocenters. The standard InChI is InChI=1S/C59H119O11P/c1-43(2)21-13-23-45(5)25-15-27-47(7)29-17-31-49(9)33-19-35-51(11)37-39-67-41-53(42-69-71(65,66)70-59-57(63)55(61)54(60)56(62)58(59)64)68-40-38-52(12)36-20-34-50(10)32-18-30-48(8)28-16-26-46(6)24-14-22-44(3)4/h43-64H,13-42H2,1-12H3,(H,65,66). The summed E-state index contributed by atoms with van der Waals surface area (Å²) >= 11 is 0. The highest BCUT2D eigenvalue weighted by molar-refractivity contribution is 7.47. The lowest BCUT2D eigenvalue weighted by Crippen LogP contribution is -2.64. The van der Waals surface area contributed by atoms with Gasteiger partial charge in [-0.05, 0) is 72.0 Å². The Bertz CT molecular complexity index is 1270. The summed E-state index contributed by atoms with van der Waals surface area (Å²) in [6.07, 6.45) is 20.9. The van der Waals surface area contributed by atoms with Crippen LogP contribution < -0.4 is 0 Å². The van der Waals surface area contributed by atoms with Gasteiger partial charge in [0, 0.05) is 13.2 Å². The van der Waals surface area contributed by atoms with E-state index in [4.69, 9.17) is 18.5 Å². The zero-order valence-corrected chi connectivity index (χ0v) is 49.1. The molecule has 0 saturated heterocycles. The maximum absolute atomic E-state index is 13.1. The molecule has 6 N–H and O–H groups in total. The van der Waals surface area contributed by atoms with E-state index in [0.717, 1.165) is 67.1 Å². The second-order valence-electron chi connectivity index (χ2n) is 25.0. The fourth-order valence-electron chi connectivity index (χ4n) is 10.6. The second-order valence-corrected chi connectivity index (χ2v) is 26.4. The zero-order valence-electron chi connectivity index (χ0n) is 48.2. The number of aliphatic hydroxyl groups is 5. The molecule has 0 bridgehead atoms. The largest absolute Gasteiger partial charge is 0.472 e. The Morgan fingerprint density at radius 1 is 0.366 bits per heavy atom. The van der Waals surface area contributed by atoms with Crippen LogP contribution in [0.4, 0.5) is 0 Å². The lowest BCUT2D eigenvalue weighted by atomic mass is 9.85. The van der Waals surface area contributed by atoms with Crippen LogP contribution in [0.2, 0.25) is 0 Å². The number of aliphatic hydroxyl groups excluding tert-OH is 5. The third-order valence-corrected chi connectivity index (χ3v) is 17.1. The van der Waals surface area contributed by atoms with E-state index in [-0.39, 0.29) is 13.2 Å². The van der Waals surface area contributed by atoms with Crippen LogP contribution in [0.5, 0.6) is 0 Å². The molecule has 0 heterocycles. The van der Waals surface area contributed by atoms with Crippen molar-refractivity contribution in [3.8, 4) is 0 Å². The first-order chi connectivity index (χ1) is 33.5. The summed E-state index contributed by atoms with van der Waals surface area (Å²) in [5, 5.41) is 50.8. The Morgan fingerprint density at radius 3 is 0.944 bits per heavy atom. The van der Waals surface area contributed by atoms with Crippen molar-refractivity contribution in [2.45, 2.75) is 293 Å². The molecule has 1 fully saturated rings. The molecule has 14 atom stereocenters. The quantitative estimate of drug-likeness (QED) is 0.0253. The molecular formula is C59H119O11P. The van der Waals surface area contributed by atoms with Gasteiger partial charge >= 0.3 is 7.82 Å². The highest BCUT2D eigenvalue weighted by Gasteiger charge is 2.51. The van der Waals surface area contributed by atoms with Gasteiger partial charge in [0.1, 0.15) is 42.7 Å². The predicted molar refractivity (Wildman–Crippen MR) is 294 cm³/mol. The number of rotatable bonds is 46. The summed E-state index contributed by atoms with van der Waals surface area (Å²) in [5.74, 6) is 7.33. The van der Waals surface area contributed by atoms with Gasteiger partial charge < -0.3 is 39.9 Å².